The van der Waals surface area contributed by atoms with E-state index in [0.29, 0.717) is 5.56 Å². The molecule has 0 unspecified atom stereocenters. The van der Waals surface area contributed by atoms with Crippen molar-refractivity contribution in [1.82, 2.24) is 0 Å². The number of anilines is 1. The highest BCUT2D eigenvalue weighted by Crippen LogP contribution is 2.21. The molecule has 0 aliphatic rings. The fourth-order valence-electron chi connectivity index (χ4n) is 2.20. The molecule has 2 aromatic rings. The molecule has 0 spiro atoms. The predicted octanol–water partition coefficient (Wildman–Crippen LogP) is 3.37. The highest BCUT2D eigenvalue weighted by atomic mass is 16.4. The van der Waals surface area contributed by atoms with Gasteiger partial charge in [-0.3, -0.25) is 0 Å². The molecule has 0 bridgehead atoms. The van der Waals surface area contributed by atoms with Crippen LogP contribution in [0.2, 0.25) is 0 Å². The minimum Gasteiger partial charge on any atom is -0.478 e. The SMILES string of the molecule is Cc1ccc(C(=O)O)c(N(C)CCc2ccccc2)c1. The van der Waals surface area contributed by atoms with Gasteiger partial charge in [0.1, 0.15) is 0 Å². The number of carbonyl (C=O) groups is 1. The van der Waals surface area contributed by atoms with Crippen molar-refractivity contribution in [2.45, 2.75) is 13.3 Å². The second-order valence-corrected chi connectivity index (χ2v) is 4.98. The Bertz CT molecular complexity index is 593. The van der Waals surface area contributed by atoms with Gasteiger partial charge >= 0.3 is 5.97 Å². The summed E-state index contributed by atoms with van der Waals surface area (Å²) in [6.07, 6.45) is 0.893. The third-order valence-corrected chi connectivity index (χ3v) is 3.37. The first-order valence-corrected chi connectivity index (χ1v) is 6.67. The van der Waals surface area contributed by atoms with Gasteiger partial charge in [-0.2, -0.15) is 0 Å². The molecular weight excluding hydrogens is 250 g/mol. The van der Waals surface area contributed by atoms with Crippen molar-refractivity contribution >= 4 is 11.7 Å². The first-order valence-electron chi connectivity index (χ1n) is 6.67. The minimum atomic E-state index is -0.883. The Hall–Kier alpha value is -2.29. The van der Waals surface area contributed by atoms with E-state index in [2.05, 4.69) is 12.1 Å². The summed E-state index contributed by atoms with van der Waals surface area (Å²) in [7, 11) is 1.93. The van der Waals surface area contributed by atoms with Crippen molar-refractivity contribution in [3.63, 3.8) is 0 Å². The first kappa shape index (κ1) is 14.1. The molecule has 0 aliphatic carbocycles. The average Bonchev–Trinajstić information content (AvgIpc) is 2.45. The van der Waals surface area contributed by atoms with Gasteiger partial charge in [-0.05, 0) is 36.6 Å². The Morgan fingerprint density at radius 2 is 1.85 bits per heavy atom. The third kappa shape index (κ3) is 3.38. The van der Waals surface area contributed by atoms with Crippen LogP contribution in [0.1, 0.15) is 21.5 Å². The van der Waals surface area contributed by atoms with E-state index in [1.807, 2.05) is 49.2 Å². The van der Waals surface area contributed by atoms with Gasteiger partial charge in [0.05, 0.1) is 11.3 Å². The van der Waals surface area contributed by atoms with Gasteiger partial charge < -0.3 is 10.0 Å². The number of carboxylic acids is 1. The van der Waals surface area contributed by atoms with E-state index in [1.165, 1.54) is 5.56 Å². The fraction of sp³-hybridized carbons (Fsp3) is 0.235. The second kappa shape index (κ2) is 6.24. The summed E-state index contributed by atoms with van der Waals surface area (Å²) in [6.45, 7) is 2.76. The first-order chi connectivity index (χ1) is 9.58. The molecule has 0 heterocycles. The van der Waals surface area contributed by atoms with Crippen molar-refractivity contribution in [2.24, 2.45) is 0 Å². The molecule has 0 saturated heterocycles. The van der Waals surface area contributed by atoms with E-state index in [0.717, 1.165) is 24.2 Å². The largest absolute Gasteiger partial charge is 0.478 e. The number of rotatable bonds is 5. The molecule has 3 nitrogen and oxygen atoms in total. The van der Waals surface area contributed by atoms with Gasteiger partial charge in [-0.15, -0.1) is 0 Å². The summed E-state index contributed by atoms with van der Waals surface area (Å²) in [5.41, 5.74) is 3.44. The normalized spacial score (nSPS) is 10.3. The third-order valence-electron chi connectivity index (χ3n) is 3.37. The van der Waals surface area contributed by atoms with Crippen LogP contribution in [0.25, 0.3) is 0 Å². The van der Waals surface area contributed by atoms with Crippen molar-refractivity contribution in [2.75, 3.05) is 18.5 Å². The van der Waals surface area contributed by atoms with E-state index in [9.17, 15) is 9.90 Å². The molecule has 0 radical (unpaired) electrons. The molecule has 0 atom stereocenters. The maximum absolute atomic E-state index is 11.3. The number of aromatic carboxylic acids is 1. The molecule has 0 aromatic heterocycles. The Balaban J connectivity index is 2.14. The van der Waals surface area contributed by atoms with Crippen LogP contribution in [-0.4, -0.2) is 24.7 Å². The molecule has 2 rings (SSSR count). The van der Waals surface area contributed by atoms with Crippen LogP contribution in [0.4, 0.5) is 5.69 Å². The number of aryl methyl sites for hydroxylation is 1. The molecule has 1 N–H and O–H groups in total. The van der Waals surface area contributed by atoms with Crippen LogP contribution in [0.5, 0.6) is 0 Å². The van der Waals surface area contributed by atoms with Gasteiger partial charge in [0.15, 0.2) is 0 Å². The molecule has 0 fully saturated rings. The summed E-state index contributed by atoms with van der Waals surface area (Å²) in [6, 6.07) is 15.6. The van der Waals surface area contributed by atoms with Gasteiger partial charge in [0, 0.05) is 13.6 Å². The Morgan fingerprint density at radius 1 is 1.15 bits per heavy atom. The molecule has 0 saturated carbocycles. The fourth-order valence-corrected chi connectivity index (χ4v) is 2.20. The molecule has 104 valence electrons. The van der Waals surface area contributed by atoms with E-state index >= 15 is 0 Å². The lowest BCUT2D eigenvalue weighted by atomic mass is 10.1. The number of likely N-dealkylation sites (N-methyl/N-ethyl adjacent to an activating group) is 1. The lowest BCUT2D eigenvalue weighted by molar-refractivity contribution is 0.0697. The zero-order valence-electron chi connectivity index (χ0n) is 11.8. The quantitative estimate of drug-likeness (QED) is 0.904. The van der Waals surface area contributed by atoms with E-state index in [-0.39, 0.29) is 0 Å². The molecule has 3 heteroatoms. The zero-order valence-corrected chi connectivity index (χ0v) is 11.8. The highest BCUT2D eigenvalue weighted by molar-refractivity contribution is 5.94. The summed E-state index contributed by atoms with van der Waals surface area (Å²) in [4.78, 5) is 13.3. The number of carboxylic acid groups (broad SMARTS) is 1. The van der Waals surface area contributed by atoms with Gasteiger partial charge in [-0.1, -0.05) is 36.4 Å². The van der Waals surface area contributed by atoms with Gasteiger partial charge in [0.2, 0.25) is 0 Å². The molecule has 20 heavy (non-hydrogen) atoms. The van der Waals surface area contributed by atoms with Crippen molar-refractivity contribution < 1.29 is 9.90 Å². The van der Waals surface area contributed by atoms with Crippen LogP contribution in [0.3, 0.4) is 0 Å². The molecular formula is C17H19NO2. The number of hydrogen-bond donors (Lipinski definition) is 1. The van der Waals surface area contributed by atoms with Crippen LogP contribution in [0, 0.1) is 6.92 Å². The molecule has 0 amide bonds. The van der Waals surface area contributed by atoms with Gasteiger partial charge in [0.25, 0.3) is 0 Å². The summed E-state index contributed by atoms with van der Waals surface area (Å²) < 4.78 is 0. The number of nitrogens with zero attached hydrogens (tertiary/aromatic N) is 1. The summed E-state index contributed by atoms with van der Waals surface area (Å²) >= 11 is 0. The number of hydrogen-bond acceptors (Lipinski definition) is 2. The van der Waals surface area contributed by atoms with E-state index in [1.54, 1.807) is 6.07 Å². The maximum Gasteiger partial charge on any atom is 0.337 e. The van der Waals surface area contributed by atoms with E-state index in [4.69, 9.17) is 0 Å². The Kier molecular flexibility index (Phi) is 4.41. The van der Waals surface area contributed by atoms with Crippen LogP contribution < -0.4 is 4.90 Å². The standard InChI is InChI=1S/C17H19NO2/c1-13-8-9-15(17(19)20)16(12-13)18(2)11-10-14-6-4-3-5-7-14/h3-9,12H,10-11H2,1-2H3,(H,19,20). The highest BCUT2D eigenvalue weighted by Gasteiger charge is 2.13. The number of benzene rings is 2. The topological polar surface area (TPSA) is 40.5 Å². The zero-order chi connectivity index (χ0) is 14.5. The summed E-state index contributed by atoms with van der Waals surface area (Å²) in [5.74, 6) is -0.883. The summed E-state index contributed by atoms with van der Waals surface area (Å²) in [5, 5.41) is 9.26. The molecule has 2 aromatic carbocycles. The smallest absolute Gasteiger partial charge is 0.337 e. The second-order valence-electron chi connectivity index (χ2n) is 4.98. The predicted molar refractivity (Wildman–Crippen MR) is 81.6 cm³/mol. The Labute approximate surface area is 119 Å². The van der Waals surface area contributed by atoms with Crippen molar-refractivity contribution in [3.05, 3.63) is 65.2 Å². The van der Waals surface area contributed by atoms with E-state index < -0.39 is 5.97 Å². The minimum absolute atomic E-state index is 0.353. The maximum atomic E-state index is 11.3. The lowest BCUT2D eigenvalue weighted by Gasteiger charge is -2.21. The van der Waals surface area contributed by atoms with Crippen molar-refractivity contribution in [1.29, 1.82) is 0 Å². The average molecular weight is 269 g/mol. The van der Waals surface area contributed by atoms with Crippen LogP contribution >= 0.6 is 0 Å². The van der Waals surface area contributed by atoms with Crippen LogP contribution in [-0.2, 0) is 6.42 Å². The van der Waals surface area contributed by atoms with Crippen LogP contribution in [0.15, 0.2) is 48.5 Å². The van der Waals surface area contributed by atoms with Crippen molar-refractivity contribution in [3.8, 4) is 0 Å². The van der Waals surface area contributed by atoms with Gasteiger partial charge in [-0.25, -0.2) is 4.79 Å². The monoisotopic (exact) mass is 269 g/mol. The lowest BCUT2D eigenvalue weighted by Crippen LogP contribution is -2.22. The Morgan fingerprint density at radius 3 is 2.50 bits per heavy atom. The molecule has 0 aliphatic heterocycles.